The van der Waals surface area contributed by atoms with Gasteiger partial charge in [-0.05, 0) is 44.0 Å². The Morgan fingerprint density at radius 2 is 2.04 bits per heavy atom. The average molecular weight is 347 g/mol. The topological polar surface area (TPSA) is 53.4 Å². The molecule has 0 atom stereocenters. The summed E-state index contributed by atoms with van der Waals surface area (Å²) in [6.07, 6.45) is 3.21. The average Bonchev–Trinajstić information content (AvgIpc) is 2.85. The zero-order chi connectivity index (χ0) is 17.4. The summed E-state index contributed by atoms with van der Waals surface area (Å²) in [5.41, 5.74) is 4.25. The number of hydrogen-bond acceptors (Lipinski definition) is 4. The number of rotatable bonds is 3. The Hall–Kier alpha value is -2.27. The number of esters is 1. The fraction of sp³-hybridized carbons (Fsp3) is 0.333. The van der Waals surface area contributed by atoms with Gasteiger partial charge < -0.3 is 9.47 Å². The number of ether oxygens (including phenoxy) is 2. The van der Waals surface area contributed by atoms with Crippen LogP contribution in [0.1, 0.15) is 25.3 Å². The lowest BCUT2D eigenvalue weighted by molar-refractivity contribution is -0.135. The van der Waals surface area contributed by atoms with Crippen LogP contribution >= 0.6 is 11.6 Å². The number of aromatic nitrogens is 2. The van der Waals surface area contributed by atoms with Crippen LogP contribution < -0.4 is 4.74 Å². The van der Waals surface area contributed by atoms with Crippen LogP contribution in [0, 0.1) is 6.92 Å². The number of halogens is 1. The van der Waals surface area contributed by atoms with Gasteiger partial charge in [0, 0.05) is 18.5 Å². The molecule has 24 heavy (non-hydrogen) atoms. The molecule has 1 aliphatic rings. The molecule has 5 nitrogen and oxygen atoms in total. The van der Waals surface area contributed by atoms with E-state index in [1.54, 1.807) is 6.08 Å². The first-order valence-electron chi connectivity index (χ1n) is 7.69. The molecule has 1 aromatic heterocycles. The molecule has 2 aromatic rings. The molecule has 0 unspecified atom stereocenters. The highest BCUT2D eigenvalue weighted by Gasteiger charge is 2.20. The quantitative estimate of drug-likeness (QED) is 0.786. The second kappa shape index (κ2) is 6.32. The van der Waals surface area contributed by atoms with E-state index < -0.39 is 0 Å². The Labute approximate surface area is 145 Å². The molecule has 0 amide bonds. The summed E-state index contributed by atoms with van der Waals surface area (Å²) in [5.74, 6) is 0.350. The van der Waals surface area contributed by atoms with Crippen molar-refractivity contribution in [1.29, 1.82) is 0 Å². The van der Waals surface area contributed by atoms with Crippen molar-refractivity contribution in [2.75, 3.05) is 7.11 Å². The molecular weight excluding hydrogens is 328 g/mol. The third kappa shape index (κ3) is 2.91. The van der Waals surface area contributed by atoms with Gasteiger partial charge in [-0.2, -0.15) is 4.98 Å². The van der Waals surface area contributed by atoms with E-state index in [1.807, 2.05) is 37.6 Å². The number of nitrogens with zero attached hydrogens (tertiary/aromatic N) is 2. The smallest absolute Gasteiger partial charge is 0.337 e. The fourth-order valence-electron chi connectivity index (χ4n) is 2.73. The molecule has 0 aliphatic heterocycles. The van der Waals surface area contributed by atoms with Crippen molar-refractivity contribution in [2.24, 2.45) is 7.05 Å². The molecular formula is C18H19ClN2O3. The van der Waals surface area contributed by atoms with Crippen molar-refractivity contribution in [3.05, 3.63) is 45.7 Å². The van der Waals surface area contributed by atoms with Gasteiger partial charge in [0.15, 0.2) is 0 Å². The van der Waals surface area contributed by atoms with Gasteiger partial charge in [0.2, 0.25) is 0 Å². The van der Waals surface area contributed by atoms with Gasteiger partial charge in [-0.1, -0.05) is 17.2 Å². The maximum atomic E-state index is 11.8. The van der Waals surface area contributed by atoms with Gasteiger partial charge in [-0.15, -0.1) is 0 Å². The number of carbonyl (C=O) groups excluding carboxylic acids is 1. The van der Waals surface area contributed by atoms with Crippen molar-refractivity contribution in [2.45, 2.75) is 26.7 Å². The summed E-state index contributed by atoms with van der Waals surface area (Å²) in [7, 11) is 3.26. The third-order valence-corrected chi connectivity index (χ3v) is 4.67. The van der Waals surface area contributed by atoms with E-state index in [0.717, 1.165) is 35.0 Å². The minimum Gasteiger partial charge on any atom is -0.465 e. The molecule has 0 N–H and O–H groups in total. The molecule has 1 aromatic carbocycles. The molecule has 3 rings (SSSR count). The van der Waals surface area contributed by atoms with Crippen molar-refractivity contribution >= 4 is 28.6 Å². The van der Waals surface area contributed by atoms with Gasteiger partial charge in [0.1, 0.15) is 5.76 Å². The summed E-state index contributed by atoms with van der Waals surface area (Å²) in [6.45, 7) is 3.87. The number of fused-ring (bicyclic) bond motifs is 1. The number of benzene rings is 1. The zero-order valence-corrected chi connectivity index (χ0v) is 14.9. The second-order valence-electron chi connectivity index (χ2n) is 5.94. The fourth-order valence-corrected chi connectivity index (χ4v) is 2.89. The van der Waals surface area contributed by atoms with E-state index in [0.29, 0.717) is 22.4 Å². The molecule has 0 saturated carbocycles. The minimum atomic E-state index is -0.347. The van der Waals surface area contributed by atoms with Gasteiger partial charge in [0.05, 0.1) is 23.7 Å². The molecule has 0 bridgehead atoms. The lowest BCUT2D eigenvalue weighted by Gasteiger charge is -2.16. The maximum Gasteiger partial charge on any atom is 0.337 e. The highest BCUT2D eigenvalue weighted by molar-refractivity contribution is 6.32. The number of imidazole rings is 1. The van der Waals surface area contributed by atoms with Crippen LogP contribution in [0.5, 0.6) is 6.01 Å². The molecule has 1 aliphatic carbocycles. The summed E-state index contributed by atoms with van der Waals surface area (Å²) in [6, 6.07) is 4.29. The van der Waals surface area contributed by atoms with Gasteiger partial charge in [-0.3, -0.25) is 4.57 Å². The monoisotopic (exact) mass is 346 g/mol. The summed E-state index contributed by atoms with van der Waals surface area (Å²) in [5, 5.41) is 0.695. The highest BCUT2D eigenvalue weighted by Crippen LogP contribution is 2.30. The van der Waals surface area contributed by atoms with Crippen LogP contribution in [-0.2, 0) is 16.6 Å². The first-order valence-corrected chi connectivity index (χ1v) is 8.07. The van der Waals surface area contributed by atoms with E-state index in [1.165, 1.54) is 7.11 Å². The molecule has 126 valence electrons. The van der Waals surface area contributed by atoms with Crippen molar-refractivity contribution < 1.29 is 14.3 Å². The Morgan fingerprint density at radius 3 is 2.75 bits per heavy atom. The minimum absolute atomic E-state index is 0.347. The van der Waals surface area contributed by atoms with Crippen LogP contribution in [0.25, 0.3) is 11.0 Å². The van der Waals surface area contributed by atoms with E-state index in [2.05, 4.69) is 4.98 Å². The van der Waals surface area contributed by atoms with Gasteiger partial charge in [-0.25, -0.2) is 4.79 Å². The molecule has 0 saturated heterocycles. The number of aryl methyl sites for hydroxylation is 2. The first-order chi connectivity index (χ1) is 11.4. The molecule has 0 radical (unpaired) electrons. The van der Waals surface area contributed by atoms with Gasteiger partial charge >= 0.3 is 12.0 Å². The van der Waals surface area contributed by atoms with Crippen LogP contribution in [0.4, 0.5) is 0 Å². The molecule has 0 spiro atoms. The van der Waals surface area contributed by atoms with E-state index >= 15 is 0 Å². The number of hydrogen-bond donors (Lipinski definition) is 0. The standard InChI is InChI=1S/C18H19ClN2O3/c1-10-5-6-12(8-13(10)17(22)23-4)24-18-20-15-7-11(2)14(19)9-16(15)21(18)3/h7-9H,5-6H2,1-4H3. The highest BCUT2D eigenvalue weighted by atomic mass is 35.5. The van der Waals surface area contributed by atoms with Crippen LogP contribution in [-0.4, -0.2) is 22.6 Å². The summed E-state index contributed by atoms with van der Waals surface area (Å²) < 4.78 is 12.6. The number of methoxy groups -OCH3 is 1. The summed E-state index contributed by atoms with van der Waals surface area (Å²) in [4.78, 5) is 16.4. The molecule has 6 heteroatoms. The lowest BCUT2D eigenvalue weighted by atomic mass is 9.98. The second-order valence-corrected chi connectivity index (χ2v) is 6.35. The van der Waals surface area contributed by atoms with Gasteiger partial charge in [0.25, 0.3) is 0 Å². The molecule has 1 heterocycles. The Bertz CT molecular complexity index is 893. The Balaban J connectivity index is 1.95. The maximum absolute atomic E-state index is 11.8. The van der Waals surface area contributed by atoms with Crippen molar-refractivity contribution in [3.8, 4) is 6.01 Å². The number of carbonyl (C=O) groups is 1. The third-order valence-electron chi connectivity index (χ3n) is 4.26. The number of allylic oxidation sites excluding steroid dienone is 2. The normalized spacial score (nSPS) is 14.8. The lowest BCUT2D eigenvalue weighted by Crippen LogP contribution is -2.12. The zero-order valence-electron chi connectivity index (χ0n) is 14.1. The SMILES string of the molecule is COC(=O)C1=C(C)CCC(Oc2nc3cc(C)c(Cl)cc3n2C)=C1. The van der Waals surface area contributed by atoms with E-state index in [9.17, 15) is 4.79 Å². The Kier molecular flexibility index (Phi) is 4.37. The van der Waals surface area contributed by atoms with Crippen molar-refractivity contribution in [1.82, 2.24) is 9.55 Å². The van der Waals surface area contributed by atoms with Crippen molar-refractivity contribution in [3.63, 3.8) is 0 Å². The first kappa shape index (κ1) is 16.6. The predicted octanol–water partition coefficient (Wildman–Crippen LogP) is 4.08. The predicted molar refractivity (Wildman–Crippen MR) is 93.1 cm³/mol. The Morgan fingerprint density at radius 1 is 1.29 bits per heavy atom. The van der Waals surface area contributed by atoms with Crippen LogP contribution in [0.2, 0.25) is 5.02 Å². The summed E-state index contributed by atoms with van der Waals surface area (Å²) >= 11 is 6.20. The van der Waals surface area contributed by atoms with Crippen LogP contribution in [0.3, 0.4) is 0 Å². The molecule has 0 fully saturated rings. The van der Waals surface area contributed by atoms with E-state index in [4.69, 9.17) is 21.1 Å². The largest absolute Gasteiger partial charge is 0.465 e. The van der Waals surface area contributed by atoms with Crippen LogP contribution in [0.15, 0.2) is 35.1 Å². The van der Waals surface area contributed by atoms with E-state index in [-0.39, 0.29) is 5.97 Å².